The largest absolute Gasteiger partial charge is 0.481 e. The van der Waals surface area contributed by atoms with Gasteiger partial charge >= 0.3 is 12.0 Å². The van der Waals surface area contributed by atoms with Crippen LogP contribution < -0.4 is 11.1 Å². The molecule has 17 heavy (non-hydrogen) atoms. The second-order valence-electron chi connectivity index (χ2n) is 3.65. The van der Waals surface area contributed by atoms with E-state index in [1.807, 2.05) is 0 Å². The number of amides is 3. The molecular formula is C9H15N3O4S. The zero-order valence-electron chi connectivity index (χ0n) is 9.22. The summed E-state index contributed by atoms with van der Waals surface area (Å²) in [7, 11) is 0. The number of carboxylic acid groups (broad SMARTS) is 1. The highest BCUT2D eigenvalue weighted by Crippen LogP contribution is 2.18. The topological polar surface area (TPSA) is 113 Å². The van der Waals surface area contributed by atoms with Gasteiger partial charge in [-0.05, 0) is 0 Å². The molecule has 7 nitrogen and oxygen atoms in total. The number of hydrogen-bond acceptors (Lipinski definition) is 4. The molecule has 1 heterocycles. The molecule has 1 fully saturated rings. The Bertz CT molecular complexity index is 323. The van der Waals surface area contributed by atoms with Crippen LogP contribution in [0.3, 0.4) is 0 Å². The summed E-state index contributed by atoms with van der Waals surface area (Å²) in [6, 6.07) is -0.769. The van der Waals surface area contributed by atoms with Gasteiger partial charge in [-0.1, -0.05) is 0 Å². The Labute approximate surface area is 103 Å². The van der Waals surface area contributed by atoms with Crippen molar-refractivity contribution in [1.29, 1.82) is 0 Å². The van der Waals surface area contributed by atoms with E-state index < -0.39 is 17.9 Å². The lowest BCUT2D eigenvalue weighted by atomic mass is 10.2. The van der Waals surface area contributed by atoms with Crippen LogP contribution in [0, 0.1) is 0 Å². The molecule has 0 radical (unpaired) electrons. The summed E-state index contributed by atoms with van der Waals surface area (Å²) in [6.07, 6.45) is -0.0863. The molecule has 4 N–H and O–H groups in total. The van der Waals surface area contributed by atoms with Crippen molar-refractivity contribution in [3.63, 3.8) is 0 Å². The molecule has 0 bridgehead atoms. The number of primary amides is 1. The molecule has 0 spiro atoms. The van der Waals surface area contributed by atoms with Crippen LogP contribution >= 0.6 is 11.8 Å². The Morgan fingerprint density at radius 1 is 1.47 bits per heavy atom. The second kappa shape index (κ2) is 6.33. The summed E-state index contributed by atoms with van der Waals surface area (Å²) in [5.74, 6) is -0.208. The Kier molecular flexibility index (Phi) is 5.08. The number of rotatable bonds is 4. The van der Waals surface area contributed by atoms with Crippen LogP contribution in [0.15, 0.2) is 0 Å². The van der Waals surface area contributed by atoms with Gasteiger partial charge < -0.3 is 21.1 Å². The van der Waals surface area contributed by atoms with E-state index in [-0.39, 0.29) is 19.0 Å². The molecule has 1 saturated heterocycles. The molecule has 8 heteroatoms. The number of nitrogens with two attached hydrogens (primary N) is 1. The quantitative estimate of drug-likeness (QED) is 0.605. The minimum Gasteiger partial charge on any atom is -0.481 e. The van der Waals surface area contributed by atoms with Gasteiger partial charge in [-0.25, -0.2) is 4.79 Å². The van der Waals surface area contributed by atoms with E-state index in [4.69, 9.17) is 10.8 Å². The van der Waals surface area contributed by atoms with Crippen molar-refractivity contribution in [1.82, 2.24) is 10.2 Å². The van der Waals surface area contributed by atoms with Gasteiger partial charge in [-0.3, -0.25) is 9.59 Å². The van der Waals surface area contributed by atoms with Crippen molar-refractivity contribution in [2.24, 2.45) is 5.73 Å². The number of aliphatic carboxylic acids is 1. The third kappa shape index (κ3) is 4.51. The van der Waals surface area contributed by atoms with E-state index in [2.05, 4.69) is 5.32 Å². The lowest BCUT2D eigenvalue weighted by molar-refractivity contribution is -0.138. The molecule has 0 aromatic heterocycles. The van der Waals surface area contributed by atoms with Crippen LogP contribution in [0.25, 0.3) is 0 Å². The van der Waals surface area contributed by atoms with Crippen LogP contribution in [0.1, 0.15) is 6.42 Å². The third-order valence-corrected chi connectivity index (χ3v) is 3.40. The van der Waals surface area contributed by atoms with Gasteiger partial charge in [0.25, 0.3) is 0 Å². The average Bonchev–Trinajstić information content (AvgIpc) is 2.25. The van der Waals surface area contributed by atoms with Crippen molar-refractivity contribution in [2.45, 2.75) is 12.5 Å². The summed E-state index contributed by atoms with van der Waals surface area (Å²) in [5, 5.41) is 11.1. The fourth-order valence-electron chi connectivity index (χ4n) is 1.56. The van der Waals surface area contributed by atoms with Crippen molar-refractivity contribution < 1.29 is 19.5 Å². The fraction of sp³-hybridized carbons (Fsp3) is 0.667. The predicted molar refractivity (Wildman–Crippen MR) is 62.7 cm³/mol. The van der Waals surface area contributed by atoms with Gasteiger partial charge in [-0.2, -0.15) is 11.8 Å². The molecule has 0 aliphatic carbocycles. The maximum Gasteiger partial charge on any atom is 0.318 e. The summed E-state index contributed by atoms with van der Waals surface area (Å²) in [6.45, 7) is 0.246. The lowest BCUT2D eigenvalue weighted by Crippen LogP contribution is -2.52. The summed E-state index contributed by atoms with van der Waals surface area (Å²) in [4.78, 5) is 34.3. The van der Waals surface area contributed by atoms with E-state index in [0.717, 1.165) is 5.75 Å². The third-order valence-electron chi connectivity index (χ3n) is 2.31. The second-order valence-corrected chi connectivity index (χ2v) is 4.79. The smallest absolute Gasteiger partial charge is 0.318 e. The zero-order chi connectivity index (χ0) is 12.8. The van der Waals surface area contributed by atoms with Crippen LogP contribution in [-0.4, -0.2) is 58.6 Å². The number of nitrogens with zero attached hydrogens (tertiary/aromatic N) is 1. The normalized spacial score (nSPS) is 19.8. The van der Waals surface area contributed by atoms with Crippen LogP contribution in [0.2, 0.25) is 0 Å². The van der Waals surface area contributed by atoms with E-state index in [1.54, 1.807) is 11.8 Å². The standard InChI is InChI=1S/C9H15N3O4S/c10-7(13)4-11-9(16)12-1-2-17-5-6(12)3-8(14)15/h6H,1-5H2,(H2,10,13)(H,11,16)(H,14,15). The highest BCUT2D eigenvalue weighted by molar-refractivity contribution is 7.99. The molecule has 1 aliphatic rings. The number of carbonyl (C=O) groups excluding carboxylic acids is 2. The zero-order valence-corrected chi connectivity index (χ0v) is 10.0. The minimum absolute atomic E-state index is 0.0863. The highest BCUT2D eigenvalue weighted by Gasteiger charge is 2.28. The van der Waals surface area contributed by atoms with Crippen molar-refractivity contribution in [2.75, 3.05) is 24.6 Å². The Morgan fingerprint density at radius 3 is 2.76 bits per heavy atom. The Balaban J connectivity index is 2.54. The van der Waals surface area contributed by atoms with Crippen molar-refractivity contribution in [3.8, 4) is 0 Å². The molecule has 0 aromatic carbocycles. The Hall–Kier alpha value is -1.44. The molecule has 3 amide bonds. The molecule has 1 unspecified atom stereocenters. The number of carboxylic acids is 1. The summed E-state index contributed by atoms with van der Waals surface area (Å²) < 4.78 is 0. The average molecular weight is 261 g/mol. The number of urea groups is 1. The van der Waals surface area contributed by atoms with E-state index >= 15 is 0 Å². The van der Waals surface area contributed by atoms with E-state index in [9.17, 15) is 14.4 Å². The first-order valence-corrected chi connectivity index (χ1v) is 6.28. The maximum atomic E-state index is 11.7. The lowest BCUT2D eigenvalue weighted by Gasteiger charge is -2.34. The van der Waals surface area contributed by atoms with E-state index in [0.29, 0.717) is 12.3 Å². The molecule has 1 aliphatic heterocycles. The first-order chi connectivity index (χ1) is 8.00. The maximum absolute atomic E-state index is 11.7. The van der Waals surface area contributed by atoms with Gasteiger partial charge in [0.15, 0.2) is 0 Å². The van der Waals surface area contributed by atoms with Crippen molar-refractivity contribution in [3.05, 3.63) is 0 Å². The first-order valence-electron chi connectivity index (χ1n) is 5.13. The van der Waals surface area contributed by atoms with Gasteiger partial charge in [0.1, 0.15) is 0 Å². The minimum atomic E-state index is -0.940. The van der Waals surface area contributed by atoms with Gasteiger partial charge in [0.05, 0.1) is 19.0 Å². The SMILES string of the molecule is NC(=O)CNC(=O)N1CCSCC1CC(=O)O. The molecule has 96 valence electrons. The first kappa shape index (κ1) is 13.6. The monoisotopic (exact) mass is 261 g/mol. The molecule has 0 aromatic rings. The fourth-order valence-corrected chi connectivity index (χ4v) is 2.62. The molecule has 0 saturated carbocycles. The molecule has 1 atom stereocenters. The number of carbonyl (C=O) groups is 3. The number of thioether (sulfide) groups is 1. The van der Waals surface area contributed by atoms with Gasteiger partial charge in [0, 0.05) is 18.1 Å². The van der Waals surface area contributed by atoms with Crippen LogP contribution in [0.5, 0.6) is 0 Å². The predicted octanol–water partition coefficient (Wildman–Crippen LogP) is -0.927. The number of nitrogens with one attached hydrogen (secondary N) is 1. The van der Waals surface area contributed by atoms with Crippen LogP contribution in [-0.2, 0) is 9.59 Å². The van der Waals surface area contributed by atoms with Gasteiger partial charge in [0.2, 0.25) is 5.91 Å². The molecular weight excluding hydrogens is 246 g/mol. The number of hydrogen-bond donors (Lipinski definition) is 3. The van der Waals surface area contributed by atoms with E-state index in [1.165, 1.54) is 4.90 Å². The highest BCUT2D eigenvalue weighted by atomic mass is 32.2. The Morgan fingerprint density at radius 2 is 2.18 bits per heavy atom. The summed E-state index contributed by atoms with van der Waals surface area (Å²) in [5.41, 5.74) is 4.92. The van der Waals surface area contributed by atoms with Gasteiger partial charge in [-0.15, -0.1) is 0 Å². The van der Waals surface area contributed by atoms with Crippen molar-refractivity contribution >= 4 is 29.7 Å². The molecule has 1 rings (SSSR count). The summed E-state index contributed by atoms with van der Waals surface area (Å²) >= 11 is 1.61. The van der Waals surface area contributed by atoms with Crippen LogP contribution in [0.4, 0.5) is 4.79 Å².